The van der Waals surface area contributed by atoms with Crippen LogP contribution in [0, 0.1) is 5.41 Å². The minimum atomic E-state index is 0.126. The van der Waals surface area contributed by atoms with Crippen LogP contribution in [0.25, 0.3) is 0 Å². The van der Waals surface area contributed by atoms with Crippen LogP contribution in [0.3, 0.4) is 0 Å². The van der Waals surface area contributed by atoms with Crippen molar-refractivity contribution < 1.29 is 0 Å². The number of anilines is 1. The molecule has 0 saturated carbocycles. The van der Waals surface area contributed by atoms with Gasteiger partial charge in [-0.3, -0.25) is 4.98 Å². The van der Waals surface area contributed by atoms with Crippen molar-refractivity contribution in [3.63, 3.8) is 0 Å². The Morgan fingerprint density at radius 2 is 1.83 bits per heavy atom. The zero-order valence-corrected chi connectivity index (χ0v) is 18.1. The number of hydrogen-bond acceptors (Lipinski definition) is 5. The maximum absolute atomic E-state index is 6.69. The third-order valence-electron chi connectivity index (χ3n) is 6.67. The van der Waals surface area contributed by atoms with E-state index in [1.54, 1.807) is 6.20 Å². The highest BCUT2D eigenvalue weighted by atomic mass is 35.5. The summed E-state index contributed by atoms with van der Waals surface area (Å²) >= 11 is 12.2. The minimum Gasteiger partial charge on any atom is -0.355 e. The van der Waals surface area contributed by atoms with Gasteiger partial charge in [-0.15, -0.1) is 0 Å². The third-order valence-corrected chi connectivity index (χ3v) is 7.47. The number of piperidine rings is 1. The summed E-state index contributed by atoms with van der Waals surface area (Å²) in [5, 5.41) is 0.786. The van der Waals surface area contributed by atoms with Crippen LogP contribution in [0.15, 0.2) is 48.9 Å². The first-order valence-corrected chi connectivity index (χ1v) is 11.0. The van der Waals surface area contributed by atoms with Crippen molar-refractivity contribution in [1.29, 1.82) is 0 Å². The van der Waals surface area contributed by atoms with Crippen LogP contribution >= 0.6 is 23.2 Å². The van der Waals surface area contributed by atoms with Gasteiger partial charge in [0.25, 0.3) is 0 Å². The van der Waals surface area contributed by atoms with Gasteiger partial charge in [0.2, 0.25) is 0 Å². The molecule has 5 rings (SSSR count). The SMILES string of the molecule is N[C@@H]1c2ccccc2CC12CCN(c1cnc(Cc3ccnc(Cl)c3Cl)cn1)CC2. The van der Waals surface area contributed by atoms with E-state index >= 15 is 0 Å². The standard InChI is InChI=1S/C23H23Cl2N5/c24-20-15(5-8-27-22(20)25)11-17-13-29-19(14-28-17)30-9-6-23(7-10-30)12-16-3-1-2-4-18(16)21(23)26/h1-5,8,13-14,21H,6-7,9-12,26H2/t21-/m1/s1. The number of fused-ring (bicyclic) bond motifs is 1. The largest absolute Gasteiger partial charge is 0.355 e. The Labute approximate surface area is 186 Å². The summed E-state index contributed by atoms with van der Waals surface area (Å²) in [6.07, 6.45) is 9.12. The molecule has 2 aliphatic rings. The predicted molar refractivity (Wildman–Crippen MR) is 120 cm³/mol. The zero-order chi connectivity index (χ0) is 20.7. The van der Waals surface area contributed by atoms with E-state index in [-0.39, 0.29) is 11.5 Å². The van der Waals surface area contributed by atoms with Gasteiger partial charge >= 0.3 is 0 Å². The van der Waals surface area contributed by atoms with Crippen molar-refractivity contribution in [1.82, 2.24) is 15.0 Å². The normalized spacial score (nSPS) is 19.8. The van der Waals surface area contributed by atoms with Crippen LogP contribution in [0.4, 0.5) is 5.82 Å². The third kappa shape index (κ3) is 3.45. The molecule has 1 aliphatic carbocycles. The number of nitrogens with zero attached hydrogens (tertiary/aromatic N) is 4. The average molecular weight is 440 g/mol. The van der Waals surface area contributed by atoms with E-state index in [9.17, 15) is 0 Å². The number of halogens is 2. The molecule has 1 saturated heterocycles. The highest BCUT2D eigenvalue weighted by molar-refractivity contribution is 6.41. The predicted octanol–water partition coefficient (Wildman–Crippen LogP) is 4.61. The fraction of sp³-hybridized carbons (Fsp3) is 0.348. The molecule has 3 aromatic rings. The molecular weight excluding hydrogens is 417 g/mol. The fourth-order valence-corrected chi connectivity index (χ4v) is 5.23. The number of nitrogens with two attached hydrogens (primary N) is 1. The lowest BCUT2D eigenvalue weighted by Crippen LogP contribution is -2.44. The van der Waals surface area contributed by atoms with Crippen molar-refractivity contribution in [2.45, 2.75) is 31.7 Å². The van der Waals surface area contributed by atoms with Crippen molar-refractivity contribution in [3.05, 3.63) is 81.5 Å². The van der Waals surface area contributed by atoms with Crippen LogP contribution in [-0.4, -0.2) is 28.0 Å². The van der Waals surface area contributed by atoms with Crippen LogP contribution in [0.2, 0.25) is 10.2 Å². The van der Waals surface area contributed by atoms with Gasteiger partial charge in [-0.2, -0.15) is 0 Å². The van der Waals surface area contributed by atoms with Gasteiger partial charge in [0, 0.05) is 31.7 Å². The molecule has 1 aliphatic heterocycles. The lowest BCUT2D eigenvalue weighted by atomic mass is 9.73. The van der Waals surface area contributed by atoms with Gasteiger partial charge in [-0.05, 0) is 47.4 Å². The molecule has 0 unspecified atom stereocenters. The van der Waals surface area contributed by atoms with Gasteiger partial charge < -0.3 is 10.6 Å². The molecule has 5 nitrogen and oxygen atoms in total. The molecular formula is C23H23Cl2N5. The molecule has 0 radical (unpaired) electrons. The van der Waals surface area contributed by atoms with Crippen molar-refractivity contribution >= 4 is 29.0 Å². The van der Waals surface area contributed by atoms with Crippen molar-refractivity contribution in [2.24, 2.45) is 11.1 Å². The molecule has 1 atom stereocenters. The molecule has 2 aromatic heterocycles. The molecule has 1 spiro atoms. The molecule has 7 heteroatoms. The van der Waals surface area contributed by atoms with Crippen LogP contribution in [0.1, 0.15) is 41.3 Å². The van der Waals surface area contributed by atoms with E-state index in [0.717, 1.165) is 49.4 Å². The average Bonchev–Trinajstić information content (AvgIpc) is 3.04. The van der Waals surface area contributed by atoms with E-state index in [1.165, 1.54) is 11.1 Å². The molecule has 154 valence electrons. The fourth-order valence-electron chi connectivity index (χ4n) is 4.88. The summed E-state index contributed by atoms with van der Waals surface area (Å²) in [6, 6.07) is 10.6. The van der Waals surface area contributed by atoms with E-state index in [2.05, 4.69) is 44.1 Å². The Morgan fingerprint density at radius 1 is 1.03 bits per heavy atom. The van der Waals surface area contributed by atoms with Gasteiger partial charge in [0.1, 0.15) is 11.0 Å². The lowest BCUT2D eigenvalue weighted by Gasteiger charge is -2.42. The van der Waals surface area contributed by atoms with Gasteiger partial charge in [0.15, 0.2) is 0 Å². The number of hydrogen-bond donors (Lipinski definition) is 1. The van der Waals surface area contributed by atoms with Gasteiger partial charge in [-0.1, -0.05) is 47.5 Å². The van der Waals surface area contributed by atoms with Crippen LogP contribution in [-0.2, 0) is 12.8 Å². The molecule has 1 fully saturated rings. The summed E-state index contributed by atoms with van der Waals surface area (Å²) in [6.45, 7) is 1.89. The Hall–Kier alpha value is -2.21. The molecule has 3 heterocycles. The number of pyridine rings is 1. The first-order valence-electron chi connectivity index (χ1n) is 10.2. The quantitative estimate of drug-likeness (QED) is 0.603. The highest BCUT2D eigenvalue weighted by Crippen LogP contribution is 2.50. The van der Waals surface area contributed by atoms with E-state index in [0.29, 0.717) is 16.6 Å². The maximum Gasteiger partial charge on any atom is 0.147 e. The summed E-state index contributed by atoms with van der Waals surface area (Å²) in [4.78, 5) is 15.6. The monoisotopic (exact) mass is 439 g/mol. The second kappa shape index (κ2) is 7.80. The van der Waals surface area contributed by atoms with Crippen molar-refractivity contribution in [2.75, 3.05) is 18.0 Å². The summed E-state index contributed by atoms with van der Waals surface area (Å²) in [5.41, 5.74) is 11.3. The zero-order valence-electron chi connectivity index (χ0n) is 16.6. The number of benzene rings is 1. The summed E-state index contributed by atoms with van der Waals surface area (Å²) in [7, 11) is 0. The smallest absolute Gasteiger partial charge is 0.147 e. The second-order valence-corrected chi connectivity index (χ2v) is 9.06. The van der Waals surface area contributed by atoms with E-state index in [4.69, 9.17) is 28.9 Å². The Kier molecular flexibility index (Phi) is 5.13. The van der Waals surface area contributed by atoms with Gasteiger partial charge in [-0.25, -0.2) is 9.97 Å². The first-order chi connectivity index (χ1) is 14.6. The Morgan fingerprint density at radius 3 is 2.57 bits per heavy atom. The molecule has 0 amide bonds. The Balaban J connectivity index is 1.26. The maximum atomic E-state index is 6.69. The van der Waals surface area contributed by atoms with E-state index in [1.807, 2.05) is 18.5 Å². The summed E-state index contributed by atoms with van der Waals surface area (Å²) in [5.74, 6) is 0.913. The molecule has 2 N–H and O–H groups in total. The Bertz CT molecular complexity index is 1060. The molecule has 30 heavy (non-hydrogen) atoms. The number of rotatable bonds is 3. The molecule has 0 bridgehead atoms. The first kappa shape index (κ1) is 19.7. The minimum absolute atomic E-state index is 0.126. The summed E-state index contributed by atoms with van der Waals surface area (Å²) < 4.78 is 0. The molecule has 1 aromatic carbocycles. The van der Waals surface area contributed by atoms with Crippen LogP contribution in [0.5, 0.6) is 0 Å². The van der Waals surface area contributed by atoms with Crippen LogP contribution < -0.4 is 10.6 Å². The topological polar surface area (TPSA) is 67.9 Å². The highest BCUT2D eigenvalue weighted by Gasteiger charge is 2.45. The second-order valence-electron chi connectivity index (χ2n) is 8.32. The van der Waals surface area contributed by atoms with Gasteiger partial charge in [0.05, 0.1) is 23.1 Å². The van der Waals surface area contributed by atoms with E-state index < -0.39 is 0 Å². The van der Waals surface area contributed by atoms with Crippen molar-refractivity contribution in [3.8, 4) is 0 Å². The lowest BCUT2D eigenvalue weighted by molar-refractivity contribution is 0.187. The number of aromatic nitrogens is 3.